The summed E-state index contributed by atoms with van der Waals surface area (Å²) in [5.41, 5.74) is 5.99. The number of fused-ring (bicyclic) bond motifs is 2. The molecule has 2 aliphatic rings. The minimum atomic E-state index is -0.283. The third-order valence-electron chi connectivity index (χ3n) is 4.23. The molecule has 2 rings (SSSR count). The van der Waals surface area contributed by atoms with Crippen molar-refractivity contribution >= 4 is 5.91 Å². The maximum Gasteiger partial charge on any atom is 0.240 e. The lowest BCUT2D eigenvalue weighted by Gasteiger charge is -2.31. The molecule has 1 saturated carbocycles. The fraction of sp³-hybridized carbons (Fsp3) is 0.917. The van der Waals surface area contributed by atoms with Crippen LogP contribution in [0.2, 0.25) is 0 Å². The van der Waals surface area contributed by atoms with Gasteiger partial charge in [-0.3, -0.25) is 4.79 Å². The van der Waals surface area contributed by atoms with E-state index in [0.717, 1.165) is 18.9 Å². The first-order chi connectivity index (χ1) is 7.13. The van der Waals surface area contributed by atoms with Gasteiger partial charge in [0.05, 0.1) is 6.04 Å². The Kier molecular flexibility index (Phi) is 3.01. The SMILES string of the molecule is CCC(C)[C@H](N)C(=O)N1CC2CCC1C2. The van der Waals surface area contributed by atoms with Gasteiger partial charge in [0.15, 0.2) is 0 Å². The fourth-order valence-corrected chi connectivity index (χ4v) is 2.88. The summed E-state index contributed by atoms with van der Waals surface area (Å²) in [5, 5.41) is 0. The van der Waals surface area contributed by atoms with Crippen LogP contribution in [0.5, 0.6) is 0 Å². The second-order valence-electron chi connectivity index (χ2n) is 5.23. The molecule has 2 N–H and O–H groups in total. The highest BCUT2D eigenvalue weighted by atomic mass is 16.2. The number of likely N-dealkylation sites (tertiary alicyclic amines) is 1. The molecule has 1 saturated heterocycles. The van der Waals surface area contributed by atoms with E-state index in [4.69, 9.17) is 5.73 Å². The number of nitrogens with two attached hydrogens (primary N) is 1. The lowest BCUT2D eigenvalue weighted by atomic mass is 9.98. The summed E-state index contributed by atoms with van der Waals surface area (Å²) in [6, 6.07) is 0.229. The van der Waals surface area contributed by atoms with Crippen LogP contribution in [0.15, 0.2) is 0 Å². The summed E-state index contributed by atoms with van der Waals surface area (Å²) in [4.78, 5) is 14.2. The number of carbonyl (C=O) groups excluding carboxylic acids is 1. The minimum absolute atomic E-state index is 0.191. The molecule has 15 heavy (non-hydrogen) atoms. The highest BCUT2D eigenvalue weighted by Gasteiger charge is 2.41. The van der Waals surface area contributed by atoms with Crippen molar-refractivity contribution in [2.24, 2.45) is 17.6 Å². The molecule has 3 heteroatoms. The van der Waals surface area contributed by atoms with Crippen LogP contribution in [-0.2, 0) is 4.79 Å². The summed E-state index contributed by atoms with van der Waals surface area (Å²) < 4.78 is 0. The Balaban J connectivity index is 1.96. The van der Waals surface area contributed by atoms with Gasteiger partial charge in [-0.2, -0.15) is 0 Å². The predicted molar refractivity (Wildman–Crippen MR) is 60.3 cm³/mol. The highest BCUT2D eigenvalue weighted by molar-refractivity contribution is 5.82. The summed E-state index contributed by atoms with van der Waals surface area (Å²) >= 11 is 0. The molecule has 1 aliphatic carbocycles. The van der Waals surface area contributed by atoms with Crippen molar-refractivity contribution in [1.29, 1.82) is 0 Å². The van der Waals surface area contributed by atoms with Gasteiger partial charge in [0.25, 0.3) is 0 Å². The molecule has 3 unspecified atom stereocenters. The lowest BCUT2D eigenvalue weighted by molar-refractivity contribution is -0.135. The molecular weight excluding hydrogens is 188 g/mol. The van der Waals surface area contributed by atoms with Crippen molar-refractivity contribution in [1.82, 2.24) is 4.90 Å². The predicted octanol–water partition coefficient (Wildman–Crippen LogP) is 1.37. The van der Waals surface area contributed by atoms with Crippen LogP contribution in [0.4, 0.5) is 0 Å². The first-order valence-electron chi connectivity index (χ1n) is 6.19. The van der Waals surface area contributed by atoms with Crippen molar-refractivity contribution in [2.45, 2.75) is 51.6 Å². The Hall–Kier alpha value is -0.570. The zero-order valence-corrected chi connectivity index (χ0v) is 9.78. The van der Waals surface area contributed by atoms with Crippen LogP contribution in [0.3, 0.4) is 0 Å². The van der Waals surface area contributed by atoms with Crippen molar-refractivity contribution in [3.05, 3.63) is 0 Å². The molecule has 1 amide bonds. The third-order valence-corrected chi connectivity index (χ3v) is 4.23. The summed E-state index contributed by atoms with van der Waals surface area (Å²) in [7, 11) is 0. The molecule has 1 heterocycles. The van der Waals surface area contributed by atoms with E-state index in [1.54, 1.807) is 0 Å². The Morgan fingerprint density at radius 2 is 2.27 bits per heavy atom. The molecule has 2 bridgehead atoms. The quantitative estimate of drug-likeness (QED) is 0.764. The number of rotatable bonds is 3. The molecule has 1 aliphatic heterocycles. The number of carbonyl (C=O) groups is 1. The Morgan fingerprint density at radius 3 is 2.73 bits per heavy atom. The summed E-state index contributed by atoms with van der Waals surface area (Å²) in [6.07, 6.45) is 4.71. The average Bonchev–Trinajstić information content (AvgIpc) is 2.87. The van der Waals surface area contributed by atoms with E-state index in [9.17, 15) is 4.79 Å². The smallest absolute Gasteiger partial charge is 0.240 e. The van der Waals surface area contributed by atoms with Crippen LogP contribution in [0.1, 0.15) is 39.5 Å². The standard InChI is InChI=1S/C12H22N2O/c1-3-8(2)11(13)12(15)14-7-9-4-5-10(14)6-9/h8-11H,3-7,13H2,1-2H3/t8?,9?,10?,11-/m0/s1. The second kappa shape index (κ2) is 4.12. The van der Waals surface area contributed by atoms with E-state index >= 15 is 0 Å². The van der Waals surface area contributed by atoms with E-state index in [2.05, 4.69) is 13.8 Å². The zero-order chi connectivity index (χ0) is 11.0. The molecule has 2 fully saturated rings. The van der Waals surface area contributed by atoms with Crippen molar-refractivity contribution in [3.63, 3.8) is 0 Å². The molecule has 4 atom stereocenters. The molecule has 86 valence electrons. The average molecular weight is 210 g/mol. The van der Waals surface area contributed by atoms with Crippen LogP contribution >= 0.6 is 0 Å². The van der Waals surface area contributed by atoms with Gasteiger partial charge in [-0.25, -0.2) is 0 Å². The fourth-order valence-electron chi connectivity index (χ4n) is 2.88. The van der Waals surface area contributed by atoms with Gasteiger partial charge in [0, 0.05) is 12.6 Å². The number of hydrogen-bond acceptors (Lipinski definition) is 2. The maximum atomic E-state index is 12.1. The van der Waals surface area contributed by atoms with Crippen molar-refractivity contribution in [3.8, 4) is 0 Å². The van der Waals surface area contributed by atoms with Gasteiger partial charge in [-0.15, -0.1) is 0 Å². The van der Waals surface area contributed by atoms with Crippen LogP contribution < -0.4 is 5.73 Å². The lowest BCUT2D eigenvalue weighted by Crippen LogP contribution is -2.49. The van der Waals surface area contributed by atoms with Gasteiger partial charge in [-0.05, 0) is 31.1 Å². The van der Waals surface area contributed by atoms with Gasteiger partial charge in [-0.1, -0.05) is 20.3 Å². The Labute approximate surface area is 92.0 Å². The molecular formula is C12H22N2O. The van der Waals surface area contributed by atoms with E-state index in [-0.39, 0.29) is 11.9 Å². The molecule has 3 nitrogen and oxygen atoms in total. The topological polar surface area (TPSA) is 46.3 Å². The Bertz CT molecular complexity index is 254. The Morgan fingerprint density at radius 1 is 1.53 bits per heavy atom. The third kappa shape index (κ3) is 1.89. The number of nitrogens with zero attached hydrogens (tertiary/aromatic N) is 1. The zero-order valence-electron chi connectivity index (χ0n) is 9.78. The first kappa shape index (κ1) is 10.9. The van der Waals surface area contributed by atoms with E-state index in [0.29, 0.717) is 12.0 Å². The monoisotopic (exact) mass is 210 g/mol. The van der Waals surface area contributed by atoms with Gasteiger partial charge < -0.3 is 10.6 Å². The minimum Gasteiger partial charge on any atom is -0.338 e. The van der Waals surface area contributed by atoms with E-state index in [1.165, 1.54) is 19.3 Å². The second-order valence-corrected chi connectivity index (χ2v) is 5.23. The molecule has 0 aromatic heterocycles. The van der Waals surface area contributed by atoms with Crippen molar-refractivity contribution < 1.29 is 4.79 Å². The largest absolute Gasteiger partial charge is 0.338 e. The molecule has 0 aromatic carbocycles. The maximum absolute atomic E-state index is 12.1. The van der Waals surface area contributed by atoms with Gasteiger partial charge in [0.1, 0.15) is 0 Å². The number of piperidine rings is 1. The van der Waals surface area contributed by atoms with Crippen molar-refractivity contribution in [2.75, 3.05) is 6.54 Å². The number of hydrogen-bond donors (Lipinski definition) is 1. The highest BCUT2D eigenvalue weighted by Crippen LogP contribution is 2.37. The van der Waals surface area contributed by atoms with Crippen LogP contribution in [0.25, 0.3) is 0 Å². The first-order valence-corrected chi connectivity index (χ1v) is 6.19. The van der Waals surface area contributed by atoms with Gasteiger partial charge >= 0.3 is 0 Å². The van der Waals surface area contributed by atoms with Crippen LogP contribution in [-0.4, -0.2) is 29.4 Å². The molecule has 0 spiro atoms. The van der Waals surface area contributed by atoms with Crippen LogP contribution in [0, 0.1) is 11.8 Å². The van der Waals surface area contributed by atoms with E-state index < -0.39 is 0 Å². The molecule has 0 radical (unpaired) electrons. The summed E-state index contributed by atoms with van der Waals surface area (Å²) in [5.74, 6) is 1.26. The summed E-state index contributed by atoms with van der Waals surface area (Å²) in [6.45, 7) is 5.12. The normalized spacial score (nSPS) is 33.1. The number of amides is 1. The van der Waals surface area contributed by atoms with E-state index in [1.807, 2.05) is 4.90 Å². The van der Waals surface area contributed by atoms with Gasteiger partial charge in [0.2, 0.25) is 5.91 Å². The molecule has 0 aromatic rings.